The van der Waals surface area contributed by atoms with Gasteiger partial charge in [0.05, 0.1) is 12.0 Å². The quantitative estimate of drug-likeness (QED) is 0.301. The number of nitrogens with zero attached hydrogens (tertiary/aromatic N) is 1. The summed E-state index contributed by atoms with van der Waals surface area (Å²) in [5.74, 6) is -2.13. The van der Waals surface area contributed by atoms with Gasteiger partial charge in [0, 0.05) is 28.8 Å². The minimum Gasteiger partial charge on any atom is -0.464 e. The predicted octanol–water partition coefficient (Wildman–Crippen LogP) is 5.68. The summed E-state index contributed by atoms with van der Waals surface area (Å²) >= 11 is 0. The number of oxime groups is 1. The topological polar surface area (TPSA) is 101 Å². The molecule has 1 aliphatic heterocycles. The monoisotopic (exact) mass is 532 g/mol. The van der Waals surface area contributed by atoms with Gasteiger partial charge in [-0.25, -0.2) is 4.39 Å². The third-order valence-corrected chi connectivity index (χ3v) is 6.47. The number of benzene rings is 2. The maximum atomic E-state index is 14.3. The van der Waals surface area contributed by atoms with E-state index in [4.69, 9.17) is 9.25 Å². The van der Waals surface area contributed by atoms with Crippen LogP contribution in [-0.2, 0) is 19.8 Å². The molecule has 0 fully saturated rings. The summed E-state index contributed by atoms with van der Waals surface area (Å²) in [4.78, 5) is 29.3. The Morgan fingerprint density at radius 1 is 1.13 bits per heavy atom. The molecule has 200 valence electrons. The summed E-state index contributed by atoms with van der Waals surface area (Å²) in [6, 6.07) is 10.8. The molecule has 0 saturated carbocycles. The first-order valence-electron chi connectivity index (χ1n) is 11.5. The fourth-order valence-electron chi connectivity index (χ4n) is 4.54. The van der Waals surface area contributed by atoms with Gasteiger partial charge >= 0.3 is 6.18 Å². The molecule has 3 aromatic rings. The number of amides is 1. The molecule has 1 aliphatic rings. The second kappa shape index (κ2) is 9.71. The zero-order valence-corrected chi connectivity index (χ0v) is 20.6. The second-order valence-electron chi connectivity index (χ2n) is 9.68. The van der Waals surface area contributed by atoms with E-state index < -0.39 is 41.4 Å². The van der Waals surface area contributed by atoms with Crippen molar-refractivity contribution in [2.75, 3.05) is 5.32 Å². The number of fused-ring (bicyclic) bond motifs is 1. The van der Waals surface area contributed by atoms with Gasteiger partial charge in [-0.1, -0.05) is 25.1 Å². The lowest BCUT2D eigenvalue weighted by molar-refractivity contribution is -0.254. The molecule has 38 heavy (non-hydrogen) atoms. The molecular weight excluding hydrogens is 508 g/mol. The number of halogens is 4. The van der Waals surface area contributed by atoms with Gasteiger partial charge in [0.1, 0.15) is 11.6 Å². The molecule has 1 amide bonds. The first-order chi connectivity index (χ1) is 17.8. The van der Waals surface area contributed by atoms with Crippen molar-refractivity contribution >= 4 is 23.6 Å². The van der Waals surface area contributed by atoms with Crippen LogP contribution in [0.15, 0.2) is 64.4 Å². The number of aliphatic hydroxyl groups is 1. The van der Waals surface area contributed by atoms with Crippen LogP contribution in [0.2, 0.25) is 0 Å². The van der Waals surface area contributed by atoms with E-state index in [1.54, 1.807) is 19.1 Å². The molecular formula is C27H24F4N2O5. The summed E-state index contributed by atoms with van der Waals surface area (Å²) in [6.07, 6.45) is -5.63. The highest BCUT2D eigenvalue weighted by Gasteiger charge is 2.61. The Morgan fingerprint density at radius 2 is 1.87 bits per heavy atom. The molecule has 2 heterocycles. The van der Waals surface area contributed by atoms with Crippen LogP contribution in [0, 0.1) is 5.82 Å². The number of nitrogens with one attached hydrogen (secondary N) is 1. The highest BCUT2D eigenvalue weighted by Crippen LogP contribution is 2.44. The number of anilines is 1. The Morgan fingerprint density at radius 3 is 2.50 bits per heavy atom. The number of rotatable bonds is 7. The van der Waals surface area contributed by atoms with Crippen molar-refractivity contribution < 1.29 is 41.5 Å². The van der Waals surface area contributed by atoms with Crippen molar-refractivity contribution in [2.45, 2.75) is 50.5 Å². The van der Waals surface area contributed by atoms with Crippen LogP contribution in [0.1, 0.15) is 50.0 Å². The average molecular weight is 532 g/mol. The summed E-state index contributed by atoms with van der Waals surface area (Å²) in [5.41, 5.74) is -3.86. The lowest BCUT2D eigenvalue weighted by atomic mass is 9.72. The normalized spacial score (nSPS) is 17.1. The molecule has 4 rings (SSSR count). The molecule has 11 heteroatoms. The predicted molar refractivity (Wildman–Crippen MR) is 130 cm³/mol. The molecule has 2 N–H and O–H groups in total. The van der Waals surface area contributed by atoms with E-state index >= 15 is 0 Å². The van der Waals surface area contributed by atoms with E-state index in [2.05, 4.69) is 10.5 Å². The number of alkyl halides is 3. The number of carbonyl (C=O) groups excluding carboxylic acids is 2. The van der Waals surface area contributed by atoms with Crippen LogP contribution in [0.3, 0.4) is 0 Å². The fourth-order valence-corrected chi connectivity index (χ4v) is 4.54. The van der Waals surface area contributed by atoms with E-state index in [0.29, 0.717) is 28.7 Å². The van der Waals surface area contributed by atoms with Crippen LogP contribution in [-0.4, -0.2) is 34.8 Å². The van der Waals surface area contributed by atoms with E-state index in [-0.39, 0.29) is 17.0 Å². The molecule has 2 aromatic carbocycles. The summed E-state index contributed by atoms with van der Waals surface area (Å²) in [6.45, 7) is 4.31. The largest absolute Gasteiger partial charge is 0.464 e. The standard InChI is InChI=1S/C27H24F4N2O5/c1-15-20-12-17(7-9-18(20)23(13-34)38-33-15)32-24(35)26(36,27(29,30)31)14-25(2,3)21-11-16(28)6-8-19(21)22-5-4-10-37-22/h4-13,23,36H,14H2,1-3H3,(H,32,35). The van der Waals surface area contributed by atoms with E-state index in [9.17, 15) is 32.3 Å². The van der Waals surface area contributed by atoms with E-state index in [1.807, 2.05) is 0 Å². The Bertz CT molecular complexity index is 1400. The van der Waals surface area contributed by atoms with Gasteiger partial charge in [-0.15, -0.1) is 0 Å². The number of hydrogen-bond acceptors (Lipinski definition) is 6. The zero-order chi connectivity index (χ0) is 27.9. The van der Waals surface area contributed by atoms with Gasteiger partial charge in [0.2, 0.25) is 11.7 Å². The van der Waals surface area contributed by atoms with Gasteiger partial charge < -0.3 is 19.7 Å². The first kappa shape index (κ1) is 27.1. The summed E-state index contributed by atoms with van der Waals surface area (Å²) in [5, 5.41) is 16.8. The van der Waals surface area contributed by atoms with Crippen LogP contribution in [0.4, 0.5) is 23.2 Å². The highest BCUT2D eigenvalue weighted by atomic mass is 19.4. The van der Waals surface area contributed by atoms with Crippen molar-refractivity contribution in [3.63, 3.8) is 0 Å². The number of furan rings is 1. The zero-order valence-electron chi connectivity index (χ0n) is 20.6. The Balaban J connectivity index is 1.69. The van der Waals surface area contributed by atoms with E-state index in [0.717, 1.165) is 12.1 Å². The number of carbonyl (C=O) groups is 2. The SMILES string of the molecule is CC1=NOC(C=O)c2ccc(NC(=O)C(O)(CC(C)(C)c3cc(F)ccc3-c3ccco3)C(F)(F)F)cc21. The van der Waals surface area contributed by atoms with Gasteiger partial charge in [-0.3, -0.25) is 9.59 Å². The lowest BCUT2D eigenvalue weighted by Crippen LogP contribution is -2.57. The Kier molecular flexibility index (Phi) is 6.92. The lowest BCUT2D eigenvalue weighted by Gasteiger charge is -2.37. The molecule has 7 nitrogen and oxygen atoms in total. The van der Waals surface area contributed by atoms with Gasteiger partial charge in [0.25, 0.3) is 5.91 Å². The molecule has 0 spiro atoms. The Hall–Kier alpha value is -3.99. The maximum absolute atomic E-state index is 14.3. The van der Waals surface area contributed by atoms with Gasteiger partial charge in [-0.05, 0) is 60.4 Å². The molecule has 0 saturated heterocycles. The van der Waals surface area contributed by atoms with Crippen LogP contribution in [0.25, 0.3) is 11.3 Å². The van der Waals surface area contributed by atoms with Crippen molar-refractivity contribution in [1.29, 1.82) is 0 Å². The second-order valence-corrected chi connectivity index (χ2v) is 9.68. The molecule has 0 radical (unpaired) electrons. The van der Waals surface area contributed by atoms with Crippen molar-refractivity contribution in [3.8, 4) is 11.3 Å². The van der Waals surface area contributed by atoms with Crippen molar-refractivity contribution in [1.82, 2.24) is 0 Å². The van der Waals surface area contributed by atoms with E-state index in [1.165, 1.54) is 44.4 Å². The minimum atomic E-state index is -5.38. The maximum Gasteiger partial charge on any atom is 0.426 e. The van der Waals surface area contributed by atoms with Crippen LogP contribution in [0.5, 0.6) is 0 Å². The number of hydrogen-bond donors (Lipinski definition) is 2. The Labute approximate surface area is 215 Å². The summed E-state index contributed by atoms with van der Waals surface area (Å²) < 4.78 is 62.5. The average Bonchev–Trinajstić information content (AvgIpc) is 3.38. The molecule has 0 aliphatic carbocycles. The molecule has 0 bridgehead atoms. The van der Waals surface area contributed by atoms with Crippen molar-refractivity contribution in [2.24, 2.45) is 5.16 Å². The smallest absolute Gasteiger partial charge is 0.426 e. The molecule has 2 unspecified atom stereocenters. The third kappa shape index (κ3) is 4.93. The molecule has 1 aromatic heterocycles. The third-order valence-electron chi connectivity index (χ3n) is 6.47. The summed E-state index contributed by atoms with van der Waals surface area (Å²) in [7, 11) is 0. The van der Waals surface area contributed by atoms with Crippen molar-refractivity contribution in [3.05, 3.63) is 77.3 Å². The van der Waals surface area contributed by atoms with Crippen LogP contribution >= 0.6 is 0 Å². The van der Waals surface area contributed by atoms with Gasteiger partial charge in [-0.2, -0.15) is 13.2 Å². The number of aldehydes is 1. The highest BCUT2D eigenvalue weighted by molar-refractivity contribution is 6.04. The van der Waals surface area contributed by atoms with Crippen LogP contribution < -0.4 is 5.32 Å². The molecule has 2 atom stereocenters. The minimum absolute atomic E-state index is 0.0580. The van der Waals surface area contributed by atoms with Gasteiger partial charge in [0.15, 0.2) is 6.29 Å². The fraction of sp³-hybridized carbons (Fsp3) is 0.296. The first-order valence-corrected chi connectivity index (χ1v) is 11.5.